The lowest BCUT2D eigenvalue weighted by molar-refractivity contribution is -0.125. The molecule has 1 aromatic heterocycles. The van der Waals surface area contributed by atoms with Crippen molar-refractivity contribution in [1.82, 2.24) is 10.3 Å². The van der Waals surface area contributed by atoms with Gasteiger partial charge in [0.25, 0.3) is 0 Å². The largest absolute Gasteiger partial charge is 0.357 e. The highest BCUT2D eigenvalue weighted by Gasteiger charge is 2.44. The van der Waals surface area contributed by atoms with Gasteiger partial charge < -0.3 is 10.3 Å². The highest BCUT2D eigenvalue weighted by Crippen LogP contribution is 2.45. The molecule has 124 valence electrons. The van der Waals surface area contributed by atoms with Crippen molar-refractivity contribution in [3.05, 3.63) is 35.0 Å². The number of H-pyrrole nitrogens is 1. The van der Waals surface area contributed by atoms with Crippen LogP contribution in [0.25, 0.3) is 10.9 Å². The van der Waals surface area contributed by atoms with Crippen LogP contribution in [0.5, 0.6) is 0 Å². The predicted molar refractivity (Wildman–Crippen MR) is 95.6 cm³/mol. The summed E-state index contributed by atoms with van der Waals surface area (Å²) in [7, 11) is 0. The van der Waals surface area contributed by atoms with Crippen LogP contribution in [0.15, 0.2) is 18.2 Å². The van der Waals surface area contributed by atoms with Crippen molar-refractivity contribution in [2.24, 2.45) is 5.41 Å². The number of hydrogen-bond acceptors (Lipinski definition) is 1. The quantitative estimate of drug-likeness (QED) is 0.800. The van der Waals surface area contributed by atoms with Gasteiger partial charge in [0.05, 0.1) is 6.54 Å². The second-order valence-corrected chi connectivity index (χ2v) is 7.58. The number of aromatic nitrogens is 1. The van der Waals surface area contributed by atoms with E-state index in [1.807, 2.05) is 6.92 Å². The molecule has 0 atom stereocenters. The molecule has 0 saturated heterocycles. The Morgan fingerprint density at radius 2 is 2.04 bits per heavy atom. The Bertz CT molecular complexity index is 723. The fourth-order valence-electron chi connectivity index (χ4n) is 3.23. The van der Waals surface area contributed by atoms with Gasteiger partial charge in [0, 0.05) is 22.0 Å². The van der Waals surface area contributed by atoms with Crippen molar-refractivity contribution in [1.29, 1.82) is 0 Å². The lowest BCUT2D eigenvalue weighted by Gasteiger charge is -2.12. The second-order valence-electron chi connectivity index (χ2n) is 7.58. The Balaban J connectivity index is 1.81. The smallest absolute Gasteiger partial charge is 0.226 e. The number of aryl methyl sites for hydroxylation is 1. The summed E-state index contributed by atoms with van der Waals surface area (Å²) in [5, 5.41) is 4.32. The van der Waals surface area contributed by atoms with Crippen molar-refractivity contribution >= 4 is 16.8 Å². The third kappa shape index (κ3) is 3.29. The monoisotopic (exact) mass is 312 g/mol. The zero-order valence-electron chi connectivity index (χ0n) is 14.8. The minimum absolute atomic E-state index is 0.106. The van der Waals surface area contributed by atoms with E-state index >= 15 is 0 Å². The van der Waals surface area contributed by atoms with Crippen LogP contribution in [0.2, 0.25) is 0 Å². The molecule has 3 rings (SSSR count). The van der Waals surface area contributed by atoms with Gasteiger partial charge in [0.2, 0.25) is 5.91 Å². The molecular formula is C20H28N2O. The van der Waals surface area contributed by atoms with Crippen LogP contribution in [-0.2, 0) is 17.8 Å². The maximum absolute atomic E-state index is 12.1. The molecule has 1 aromatic carbocycles. The van der Waals surface area contributed by atoms with E-state index in [0.29, 0.717) is 12.5 Å². The van der Waals surface area contributed by atoms with Gasteiger partial charge in [-0.25, -0.2) is 0 Å². The van der Waals surface area contributed by atoms with E-state index in [2.05, 4.69) is 49.3 Å². The molecule has 1 aliphatic rings. The molecule has 3 nitrogen and oxygen atoms in total. The molecule has 1 heterocycles. The van der Waals surface area contributed by atoms with E-state index < -0.39 is 0 Å². The normalized spacial score (nSPS) is 16.0. The van der Waals surface area contributed by atoms with E-state index in [9.17, 15) is 4.79 Å². The van der Waals surface area contributed by atoms with Crippen molar-refractivity contribution in [3.63, 3.8) is 0 Å². The van der Waals surface area contributed by atoms with Crippen LogP contribution < -0.4 is 5.32 Å². The summed E-state index contributed by atoms with van der Waals surface area (Å²) in [5.74, 6) is 0.722. The number of benzene rings is 1. The number of hydrogen-bond donors (Lipinski definition) is 2. The summed E-state index contributed by atoms with van der Waals surface area (Å²) in [5.41, 5.74) is 5.04. The maximum atomic E-state index is 12.1. The molecule has 23 heavy (non-hydrogen) atoms. The Morgan fingerprint density at radius 3 is 2.65 bits per heavy atom. The van der Waals surface area contributed by atoms with Gasteiger partial charge in [-0.15, -0.1) is 0 Å². The molecule has 0 radical (unpaired) electrons. The van der Waals surface area contributed by atoms with Crippen molar-refractivity contribution in [3.8, 4) is 0 Å². The molecule has 1 saturated carbocycles. The molecule has 0 spiro atoms. The molecule has 1 amide bonds. The first-order chi connectivity index (χ1) is 10.9. The Kier molecular flexibility index (Phi) is 4.22. The first kappa shape index (κ1) is 16.1. The van der Waals surface area contributed by atoms with Crippen molar-refractivity contribution < 1.29 is 4.79 Å². The van der Waals surface area contributed by atoms with Crippen LogP contribution in [-0.4, -0.2) is 10.9 Å². The van der Waals surface area contributed by atoms with E-state index in [1.54, 1.807) is 0 Å². The first-order valence-corrected chi connectivity index (χ1v) is 8.85. The van der Waals surface area contributed by atoms with Crippen LogP contribution in [0, 0.1) is 5.41 Å². The summed E-state index contributed by atoms with van der Waals surface area (Å²) in [4.78, 5) is 15.5. The molecule has 0 unspecified atom stereocenters. The van der Waals surface area contributed by atoms with Gasteiger partial charge in [0.1, 0.15) is 0 Å². The van der Waals surface area contributed by atoms with Gasteiger partial charge in [-0.05, 0) is 54.5 Å². The molecule has 1 fully saturated rings. The Hall–Kier alpha value is -1.77. The topological polar surface area (TPSA) is 44.9 Å². The van der Waals surface area contributed by atoms with Crippen molar-refractivity contribution in [2.75, 3.05) is 0 Å². The molecule has 0 aliphatic heterocycles. The van der Waals surface area contributed by atoms with Gasteiger partial charge in [0.15, 0.2) is 0 Å². The number of rotatable bonds is 6. The highest BCUT2D eigenvalue weighted by molar-refractivity contribution is 5.85. The third-order valence-corrected chi connectivity index (χ3v) is 5.07. The zero-order chi connectivity index (χ0) is 16.6. The van der Waals surface area contributed by atoms with Gasteiger partial charge >= 0.3 is 0 Å². The molecule has 1 aliphatic carbocycles. The summed E-state index contributed by atoms with van der Waals surface area (Å²) >= 11 is 0. The summed E-state index contributed by atoms with van der Waals surface area (Å²) < 4.78 is 0. The molecule has 2 aromatic rings. The number of carbonyl (C=O) groups is 1. The Morgan fingerprint density at radius 1 is 1.30 bits per heavy atom. The first-order valence-electron chi connectivity index (χ1n) is 8.85. The predicted octanol–water partition coefficient (Wildman–Crippen LogP) is 4.66. The minimum Gasteiger partial charge on any atom is -0.357 e. The van der Waals surface area contributed by atoms with Crippen LogP contribution in [0.4, 0.5) is 0 Å². The lowest BCUT2D eigenvalue weighted by Crippen LogP contribution is -2.29. The summed E-state index contributed by atoms with van der Waals surface area (Å²) in [6.45, 7) is 9.36. The molecule has 2 N–H and O–H groups in total. The standard InChI is InChI=1S/C20H28N2O/c1-5-6-14-11-18-15(10-17(14)13(2)3)9-16(22-18)12-21-19(23)20(4)7-8-20/h9-11,13,22H,5-8,12H2,1-4H3,(H,21,23). The average molecular weight is 312 g/mol. The molecule has 0 bridgehead atoms. The lowest BCUT2D eigenvalue weighted by atomic mass is 9.93. The zero-order valence-corrected chi connectivity index (χ0v) is 14.8. The van der Waals surface area contributed by atoms with Crippen LogP contribution in [0.3, 0.4) is 0 Å². The van der Waals surface area contributed by atoms with Crippen molar-refractivity contribution in [2.45, 2.75) is 65.8 Å². The fourth-order valence-corrected chi connectivity index (χ4v) is 3.23. The highest BCUT2D eigenvalue weighted by atomic mass is 16.2. The maximum Gasteiger partial charge on any atom is 0.226 e. The molecule has 3 heteroatoms. The number of aromatic amines is 1. The second kappa shape index (κ2) is 6.03. The van der Waals surface area contributed by atoms with Crippen LogP contribution >= 0.6 is 0 Å². The number of nitrogens with one attached hydrogen (secondary N) is 2. The minimum atomic E-state index is -0.106. The van der Waals surface area contributed by atoms with E-state index in [-0.39, 0.29) is 11.3 Å². The Labute approximate surface area is 138 Å². The number of fused-ring (bicyclic) bond motifs is 1. The number of amides is 1. The number of carbonyl (C=O) groups excluding carboxylic acids is 1. The van der Waals surface area contributed by atoms with Gasteiger partial charge in [-0.1, -0.05) is 34.1 Å². The van der Waals surface area contributed by atoms with Crippen LogP contribution in [0.1, 0.15) is 69.7 Å². The van der Waals surface area contributed by atoms with Gasteiger partial charge in [-0.3, -0.25) is 4.79 Å². The van der Waals surface area contributed by atoms with E-state index in [4.69, 9.17) is 0 Å². The third-order valence-electron chi connectivity index (χ3n) is 5.07. The summed E-state index contributed by atoms with van der Waals surface area (Å²) in [6.07, 6.45) is 4.31. The molecular weight excluding hydrogens is 284 g/mol. The summed E-state index contributed by atoms with van der Waals surface area (Å²) in [6, 6.07) is 6.78. The average Bonchev–Trinajstić information content (AvgIpc) is 3.13. The fraction of sp³-hybridized carbons (Fsp3) is 0.550. The van der Waals surface area contributed by atoms with Gasteiger partial charge in [-0.2, -0.15) is 0 Å². The van der Waals surface area contributed by atoms with E-state index in [1.165, 1.54) is 22.0 Å². The SMILES string of the molecule is CCCc1cc2[nH]c(CNC(=O)C3(C)CC3)cc2cc1C(C)C. The van der Waals surface area contributed by atoms with E-state index in [0.717, 1.165) is 31.4 Å².